The Kier molecular flexibility index (Phi) is 4.87. The molecular formula is C18H27NO. The van der Waals surface area contributed by atoms with E-state index in [1.54, 1.807) is 0 Å². The van der Waals surface area contributed by atoms with Crippen molar-refractivity contribution in [3.05, 3.63) is 34.6 Å². The molecule has 1 aromatic carbocycles. The van der Waals surface area contributed by atoms with Gasteiger partial charge in [0.15, 0.2) is 0 Å². The average Bonchev–Trinajstić information content (AvgIpc) is 2.76. The van der Waals surface area contributed by atoms with Crippen molar-refractivity contribution in [2.75, 3.05) is 6.54 Å². The first kappa shape index (κ1) is 15.1. The molecule has 0 aliphatic heterocycles. The third kappa shape index (κ3) is 2.76. The van der Waals surface area contributed by atoms with Gasteiger partial charge in [-0.25, -0.2) is 0 Å². The number of hydrogen-bond acceptors (Lipinski definition) is 2. The molecule has 0 unspecified atom stereocenters. The standard InChI is InChI=1S/C18H27NO/c1-6-8-15-16(11-19-7-2)20-18-14(12(3)4)10-9-13(5)17(15)18/h9-10,12,19H,6-8,11H2,1-5H3. The van der Waals surface area contributed by atoms with Gasteiger partial charge in [-0.2, -0.15) is 0 Å². The lowest BCUT2D eigenvalue weighted by Crippen LogP contribution is -2.12. The molecule has 2 rings (SSSR count). The number of benzene rings is 1. The Morgan fingerprint density at radius 2 is 1.95 bits per heavy atom. The number of rotatable bonds is 6. The van der Waals surface area contributed by atoms with Crippen LogP contribution in [-0.2, 0) is 13.0 Å². The van der Waals surface area contributed by atoms with E-state index in [1.165, 1.54) is 22.1 Å². The van der Waals surface area contributed by atoms with Crippen LogP contribution in [0.3, 0.4) is 0 Å². The minimum atomic E-state index is 0.491. The first-order chi connectivity index (χ1) is 9.60. The molecule has 0 aliphatic carbocycles. The summed E-state index contributed by atoms with van der Waals surface area (Å²) < 4.78 is 6.26. The van der Waals surface area contributed by atoms with Crippen LogP contribution in [0.1, 0.15) is 62.5 Å². The van der Waals surface area contributed by atoms with Crippen LogP contribution in [0.2, 0.25) is 0 Å². The SMILES string of the molecule is CCCc1c(CNCC)oc2c(C(C)C)ccc(C)c12. The molecule has 0 amide bonds. The van der Waals surface area contributed by atoms with Gasteiger partial charge in [0.1, 0.15) is 11.3 Å². The van der Waals surface area contributed by atoms with Crippen molar-refractivity contribution in [1.82, 2.24) is 5.32 Å². The highest BCUT2D eigenvalue weighted by atomic mass is 16.3. The van der Waals surface area contributed by atoms with Crippen LogP contribution >= 0.6 is 0 Å². The summed E-state index contributed by atoms with van der Waals surface area (Å²) in [5, 5.41) is 4.75. The molecule has 0 aliphatic rings. The molecule has 0 saturated carbocycles. The molecule has 1 aromatic heterocycles. The Balaban J connectivity index is 2.64. The third-order valence-electron chi connectivity index (χ3n) is 3.92. The van der Waals surface area contributed by atoms with Gasteiger partial charge in [0, 0.05) is 10.9 Å². The van der Waals surface area contributed by atoms with Crippen molar-refractivity contribution in [2.45, 2.75) is 59.9 Å². The highest BCUT2D eigenvalue weighted by molar-refractivity contribution is 5.88. The highest BCUT2D eigenvalue weighted by Gasteiger charge is 2.18. The molecule has 0 atom stereocenters. The van der Waals surface area contributed by atoms with E-state index in [4.69, 9.17) is 4.42 Å². The van der Waals surface area contributed by atoms with Gasteiger partial charge in [-0.3, -0.25) is 0 Å². The fourth-order valence-corrected chi connectivity index (χ4v) is 2.86. The van der Waals surface area contributed by atoms with Gasteiger partial charge in [-0.15, -0.1) is 0 Å². The van der Waals surface area contributed by atoms with E-state index in [2.05, 4.69) is 52.1 Å². The van der Waals surface area contributed by atoms with Crippen molar-refractivity contribution in [3.8, 4) is 0 Å². The van der Waals surface area contributed by atoms with Crippen LogP contribution in [0.15, 0.2) is 16.5 Å². The zero-order chi connectivity index (χ0) is 14.7. The number of aryl methyl sites for hydroxylation is 2. The van der Waals surface area contributed by atoms with Crippen LogP contribution in [0, 0.1) is 6.92 Å². The summed E-state index contributed by atoms with van der Waals surface area (Å²) >= 11 is 0. The van der Waals surface area contributed by atoms with E-state index >= 15 is 0 Å². The predicted molar refractivity (Wildman–Crippen MR) is 86.4 cm³/mol. The highest BCUT2D eigenvalue weighted by Crippen LogP contribution is 2.35. The van der Waals surface area contributed by atoms with E-state index in [1.807, 2.05) is 0 Å². The van der Waals surface area contributed by atoms with Gasteiger partial charge in [0.05, 0.1) is 6.54 Å². The summed E-state index contributed by atoms with van der Waals surface area (Å²) in [5.41, 5.74) is 5.17. The third-order valence-corrected chi connectivity index (χ3v) is 3.92. The second-order valence-corrected chi connectivity index (χ2v) is 5.86. The van der Waals surface area contributed by atoms with Gasteiger partial charge in [0.25, 0.3) is 0 Å². The topological polar surface area (TPSA) is 25.2 Å². The predicted octanol–water partition coefficient (Wildman–Crippen LogP) is 4.93. The van der Waals surface area contributed by atoms with Gasteiger partial charge in [-0.05, 0) is 36.9 Å². The molecule has 2 nitrogen and oxygen atoms in total. The Labute approximate surface area is 122 Å². The van der Waals surface area contributed by atoms with Gasteiger partial charge in [-0.1, -0.05) is 46.2 Å². The van der Waals surface area contributed by atoms with Gasteiger partial charge < -0.3 is 9.73 Å². The van der Waals surface area contributed by atoms with Crippen molar-refractivity contribution in [3.63, 3.8) is 0 Å². The smallest absolute Gasteiger partial charge is 0.138 e. The Morgan fingerprint density at radius 1 is 1.20 bits per heavy atom. The molecule has 20 heavy (non-hydrogen) atoms. The summed E-state index contributed by atoms with van der Waals surface area (Å²) in [5.74, 6) is 1.62. The number of hydrogen-bond donors (Lipinski definition) is 1. The molecule has 0 spiro atoms. The molecule has 2 aromatic rings. The maximum absolute atomic E-state index is 6.26. The second-order valence-electron chi connectivity index (χ2n) is 5.86. The fraction of sp³-hybridized carbons (Fsp3) is 0.556. The Morgan fingerprint density at radius 3 is 2.55 bits per heavy atom. The lowest BCUT2D eigenvalue weighted by molar-refractivity contribution is 0.509. The van der Waals surface area contributed by atoms with Crippen molar-refractivity contribution < 1.29 is 4.42 Å². The van der Waals surface area contributed by atoms with Crippen LogP contribution < -0.4 is 5.32 Å². The van der Waals surface area contributed by atoms with Crippen molar-refractivity contribution in [1.29, 1.82) is 0 Å². The Hall–Kier alpha value is -1.28. The van der Waals surface area contributed by atoms with E-state index in [0.29, 0.717) is 5.92 Å². The minimum absolute atomic E-state index is 0.491. The lowest BCUT2D eigenvalue weighted by Gasteiger charge is -2.08. The summed E-state index contributed by atoms with van der Waals surface area (Å²) in [4.78, 5) is 0. The maximum Gasteiger partial charge on any atom is 0.138 e. The van der Waals surface area contributed by atoms with Crippen LogP contribution in [0.5, 0.6) is 0 Å². The van der Waals surface area contributed by atoms with E-state index < -0.39 is 0 Å². The van der Waals surface area contributed by atoms with Crippen LogP contribution in [0.25, 0.3) is 11.0 Å². The van der Waals surface area contributed by atoms with E-state index in [0.717, 1.165) is 37.3 Å². The molecule has 1 heterocycles. The first-order valence-electron chi connectivity index (χ1n) is 7.84. The molecule has 110 valence electrons. The van der Waals surface area contributed by atoms with Crippen molar-refractivity contribution >= 4 is 11.0 Å². The fourth-order valence-electron chi connectivity index (χ4n) is 2.86. The minimum Gasteiger partial charge on any atom is -0.459 e. The quantitative estimate of drug-likeness (QED) is 0.807. The summed E-state index contributed by atoms with van der Waals surface area (Å²) in [6.07, 6.45) is 2.25. The molecular weight excluding hydrogens is 246 g/mol. The molecule has 0 radical (unpaired) electrons. The monoisotopic (exact) mass is 273 g/mol. The summed E-state index contributed by atoms with van der Waals surface area (Å²) in [6.45, 7) is 12.8. The van der Waals surface area contributed by atoms with E-state index in [-0.39, 0.29) is 0 Å². The van der Waals surface area contributed by atoms with E-state index in [9.17, 15) is 0 Å². The zero-order valence-corrected chi connectivity index (χ0v) is 13.5. The number of furan rings is 1. The van der Waals surface area contributed by atoms with Crippen LogP contribution in [-0.4, -0.2) is 6.54 Å². The van der Waals surface area contributed by atoms with Crippen LogP contribution in [0.4, 0.5) is 0 Å². The van der Waals surface area contributed by atoms with Gasteiger partial charge in [0.2, 0.25) is 0 Å². The number of fused-ring (bicyclic) bond motifs is 1. The summed E-state index contributed by atoms with van der Waals surface area (Å²) in [7, 11) is 0. The van der Waals surface area contributed by atoms with Crippen molar-refractivity contribution in [2.24, 2.45) is 0 Å². The Bertz CT molecular complexity index is 581. The second kappa shape index (κ2) is 6.45. The molecule has 0 saturated heterocycles. The molecule has 2 heteroatoms. The normalized spacial score (nSPS) is 11.7. The number of nitrogens with one attached hydrogen (secondary N) is 1. The summed E-state index contributed by atoms with van der Waals surface area (Å²) in [6, 6.07) is 4.46. The zero-order valence-electron chi connectivity index (χ0n) is 13.5. The van der Waals surface area contributed by atoms with Gasteiger partial charge >= 0.3 is 0 Å². The average molecular weight is 273 g/mol. The largest absolute Gasteiger partial charge is 0.459 e. The molecule has 0 fully saturated rings. The first-order valence-corrected chi connectivity index (χ1v) is 7.84. The molecule has 1 N–H and O–H groups in total. The maximum atomic E-state index is 6.26. The lowest BCUT2D eigenvalue weighted by atomic mass is 9.95. The molecule has 0 bridgehead atoms.